The molecule has 0 bridgehead atoms. The van der Waals surface area contributed by atoms with E-state index in [0.29, 0.717) is 16.9 Å². The van der Waals surface area contributed by atoms with Gasteiger partial charge in [0.05, 0.1) is 0 Å². The van der Waals surface area contributed by atoms with Crippen molar-refractivity contribution in [3.8, 4) is 0 Å². The Bertz CT molecular complexity index is 29.9. The Hall–Kier alpha value is -0.0116. The van der Waals surface area contributed by atoms with Crippen molar-refractivity contribution in [2.75, 3.05) is 0 Å². The normalized spacial score (nSPS) is 5.00. The molecule has 1 atom stereocenters. The van der Waals surface area contributed by atoms with E-state index in [1.165, 1.54) is 0 Å². The van der Waals surface area contributed by atoms with Gasteiger partial charge in [-0.2, -0.15) is 0 Å². The molecule has 0 aromatic heterocycles. The molecule has 5 heavy (non-hydrogen) atoms. The van der Waals surface area contributed by atoms with Gasteiger partial charge >= 0.3 is 31.5 Å². The molecule has 0 spiro atoms. The summed E-state index contributed by atoms with van der Waals surface area (Å²) in [5.41, 5.74) is 0. The monoisotopic (exact) mass is 140 g/mol. The van der Waals surface area contributed by atoms with Gasteiger partial charge in [-0.3, -0.25) is 0 Å². The summed E-state index contributed by atoms with van der Waals surface area (Å²) in [6, 6.07) is 0. The predicted molar refractivity (Wildman–Crippen MR) is 20.2 cm³/mol. The van der Waals surface area contributed by atoms with Crippen LogP contribution in [-0.4, -0.2) is 32.2 Å². The first-order valence-electron chi connectivity index (χ1n) is 0.716. The van der Waals surface area contributed by atoms with Crippen LogP contribution in [0.15, 0.2) is 0 Å². The van der Waals surface area contributed by atoms with Crippen molar-refractivity contribution in [1.29, 1.82) is 0 Å². The second kappa shape index (κ2) is 3.99. The summed E-state index contributed by atoms with van der Waals surface area (Å²) < 4.78 is -0.771. The van der Waals surface area contributed by atoms with E-state index in [4.69, 9.17) is 9.90 Å². The molecule has 32 valence electrons. The summed E-state index contributed by atoms with van der Waals surface area (Å²) in [7, 11) is 0. The van der Waals surface area contributed by atoms with E-state index in [1.807, 2.05) is 0 Å². The first-order valence-corrected chi connectivity index (χ1v) is 1.93. The van der Waals surface area contributed by atoms with Crippen LogP contribution in [0.5, 0.6) is 0 Å². The van der Waals surface area contributed by atoms with E-state index < -0.39 is 4.76 Å². The Morgan fingerprint density at radius 1 is 1.80 bits per heavy atom. The van der Waals surface area contributed by atoms with Gasteiger partial charge in [-0.15, -0.1) is 0 Å². The molecule has 3 N–H and O–H groups in total. The first kappa shape index (κ1) is 8.89. The van der Waals surface area contributed by atoms with Gasteiger partial charge in [-0.05, 0) is 0 Å². The summed E-state index contributed by atoms with van der Waals surface area (Å²) >= 11 is 0.715. The number of hydrogen-bond donors (Lipinski definition) is 1. The van der Waals surface area contributed by atoms with Crippen LogP contribution in [0.4, 0.5) is 4.79 Å². The predicted octanol–water partition coefficient (Wildman–Crippen LogP) is -1.53. The molecule has 0 aliphatic carbocycles. The molecule has 0 aliphatic heterocycles. The molecule has 0 saturated carbocycles. The SMILES string of the molecule is O.O=C(O)[AsH2]. The van der Waals surface area contributed by atoms with Gasteiger partial charge in [0.25, 0.3) is 0 Å². The van der Waals surface area contributed by atoms with Crippen LogP contribution in [0.1, 0.15) is 0 Å². The Labute approximate surface area is 37.8 Å². The molecule has 0 fully saturated rings. The molecule has 0 amide bonds. The molecule has 0 aliphatic rings. The van der Waals surface area contributed by atoms with Crippen molar-refractivity contribution in [3.63, 3.8) is 0 Å². The van der Waals surface area contributed by atoms with Crippen molar-refractivity contribution in [2.24, 2.45) is 0 Å². The quantitative estimate of drug-likeness (QED) is 0.415. The summed E-state index contributed by atoms with van der Waals surface area (Å²) in [6.07, 6.45) is 0. The van der Waals surface area contributed by atoms with Gasteiger partial charge in [-0.25, -0.2) is 0 Å². The molecule has 1 unspecified atom stereocenters. The maximum atomic E-state index is 9.03. The second-order valence-electron chi connectivity index (χ2n) is 0.338. The van der Waals surface area contributed by atoms with Crippen molar-refractivity contribution in [1.82, 2.24) is 0 Å². The number of carbonyl (C=O) groups is 1. The van der Waals surface area contributed by atoms with Crippen molar-refractivity contribution >= 4 is 21.6 Å². The molecule has 0 aromatic carbocycles. The van der Waals surface area contributed by atoms with E-state index in [-0.39, 0.29) is 5.48 Å². The van der Waals surface area contributed by atoms with E-state index >= 15 is 0 Å². The Balaban J connectivity index is 0. The number of rotatable bonds is 0. The van der Waals surface area contributed by atoms with Crippen molar-refractivity contribution in [3.05, 3.63) is 0 Å². The zero-order valence-corrected chi connectivity index (χ0v) is 4.86. The van der Waals surface area contributed by atoms with Gasteiger partial charge in [0.15, 0.2) is 0 Å². The molecular formula is CH5AsO3. The molecule has 3 nitrogen and oxygen atoms in total. The summed E-state index contributed by atoms with van der Waals surface area (Å²) in [4.78, 5) is 9.03. The topological polar surface area (TPSA) is 68.8 Å². The van der Waals surface area contributed by atoms with Gasteiger partial charge in [-0.1, -0.05) is 0 Å². The summed E-state index contributed by atoms with van der Waals surface area (Å²) in [5, 5.41) is 7.44. The van der Waals surface area contributed by atoms with Crippen LogP contribution in [0.25, 0.3) is 0 Å². The van der Waals surface area contributed by atoms with Gasteiger partial charge < -0.3 is 5.48 Å². The third-order valence-electron chi connectivity index (χ3n) is 0. The molecule has 0 aromatic rings. The van der Waals surface area contributed by atoms with Crippen molar-refractivity contribution in [2.45, 2.75) is 0 Å². The van der Waals surface area contributed by atoms with Crippen LogP contribution < -0.4 is 0 Å². The van der Waals surface area contributed by atoms with Crippen molar-refractivity contribution < 1.29 is 15.4 Å². The van der Waals surface area contributed by atoms with E-state index in [9.17, 15) is 0 Å². The third kappa shape index (κ3) is 118000. The zero-order valence-electron chi connectivity index (χ0n) is 2.43. The number of hydrogen-bond acceptors (Lipinski definition) is 1. The van der Waals surface area contributed by atoms with Gasteiger partial charge in [0.1, 0.15) is 0 Å². The maximum absolute atomic E-state index is 9.03. The van der Waals surface area contributed by atoms with Crippen LogP contribution in [0.2, 0.25) is 0 Å². The van der Waals surface area contributed by atoms with Crippen LogP contribution in [0.3, 0.4) is 0 Å². The fraction of sp³-hybridized carbons (Fsp3) is 0. The summed E-state index contributed by atoms with van der Waals surface area (Å²) in [6.45, 7) is 0. The first-order chi connectivity index (χ1) is 1.73. The molecule has 0 radical (unpaired) electrons. The number of carboxylic acid groups (broad SMARTS) is 1. The average Bonchev–Trinajstić information content (AvgIpc) is 0.811. The molecule has 4 heteroatoms. The summed E-state index contributed by atoms with van der Waals surface area (Å²) in [5.74, 6) is 0. The van der Waals surface area contributed by atoms with E-state index in [2.05, 4.69) is 0 Å². The fourth-order valence-corrected chi connectivity index (χ4v) is 0. The Morgan fingerprint density at radius 3 is 1.80 bits per heavy atom. The van der Waals surface area contributed by atoms with Crippen LogP contribution in [0, 0.1) is 0 Å². The molecule has 0 heterocycles. The van der Waals surface area contributed by atoms with E-state index in [1.54, 1.807) is 0 Å². The molecular weight excluding hydrogens is 135 g/mol. The Morgan fingerprint density at radius 2 is 1.80 bits per heavy atom. The zero-order chi connectivity index (χ0) is 3.58. The minimum absolute atomic E-state index is 0. The van der Waals surface area contributed by atoms with Gasteiger partial charge in [0, 0.05) is 0 Å². The molecule has 0 saturated heterocycles. The minimum atomic E-state index is -0.771. The van der Waals surface area contributed by atoms with Crippen LogP contribution in [-0.2, 0) is 0 Å². The second-order valence-corrected chi connectivity index (χ2v) is 1.37. The molecule has 0 rings (SSSR count). The van der Waals surface area contributed by atoms with Gasteiger partial charge in [0.2, 0.25) is 0 Å². The standard InChI is InChI=1S/CH3AsO2.H2O/c2-1(3)4;/h2H2,(H,3,4);1H2. The average molecular weight is 140 g/mol. The Kier molecular flexibility index (Phi) is 7.09. The fourth-order valence-electron chi connectivity index (χ4n) is 0. The third-order valence-corrected chi connectivity index (χ3v) is 0. The van der Waals surface area contributed by atoms with Crippen LogP contribution >= 0.6 is 0 Å². The van der Waals surface area contributed by atoms with E-state index in [0.717, 1.165) is 0 Å².